The summed E-state index contributed by atoms with van der Waals surface area (Å²) < 4.78 is 5.19. The molecule has 1 aliphatic heterocycles. The van der Waals surface area contributed by atoms with Gasteiger partial charge in [-0.3, -0.25) is 0 Å². The van der Waals surface area contributed by atoms with Crippen LogP contribution in [0.2, 0.25) is 0 Å². The van der Waals surface area contributed by atoms with E-state index in [0.717, 1.165) is 6.42 Å². The molecule has 15 heavy (non-hydrogen) atoms. The normalized spacial score (nSPS) is 22.1. The maximum atomic E-state index is 11.1. The average molecular weight is 206 g/mol. The minimum Gasteiger partial charge on any atom is -0.459 e. The highest BCUT2D eigenvalue weighted by atomic mass is 16.5. The molecule has 1 rings (SSSR count). The third kappa shape index (κ3) is 3.39. The molecule has 1 saturated heterocycles. The molecule has 0 aliphatic carbocycles. The highest BCUT2D eigenvalue weighted by Crippen LogP contribution is 2.31. The fourth-order valence-corrected chi connectivity index (χ4v) is 1.73. The highest BCUT2D eigenvalue weighted by Gasteiger charge is 2.31. The SMILES string of the molecule is C=C/C=C/C(C)(C)CC1CC(=C)C(=O)O1. The van der Waals surface area contributed by atoms with Crippen LogP contribution < -0.4 is 0 Å². The molecule has 0 amide bonds. The van der Waals surface area contributed by atoms with Crippen molar-refractivity contribution in [3.8, 4) is 0 Å². The molecule has 2 heteroatoms. The third-order valence-electron chi connectivity index (χ3n) is 2.47. The lowest BCUT2D eigenvalue weighted by molar-refractivity contribution is -0.139. The van der Waals surface area contributed by atoms with Gasteiger partial charge in [0, 0.05) is 12.0 Å². The average Bonchev–Trinajstić information content (AvgIpc) is 2.41. The van der Waals surface area contributed by atoms with Crippen LogP contribution in [0.3, 0.4) is 0 Å². The Labute approximate surface area is 91.3 Å². The van der Waals surface area contributed by atoms with Crippen LogP contribution in [0.25, 0.3) is 0 Å². The number of allylic oxidation sites excluding steroid dienone is 3. The summed E-state index contributed by atoms with van der Waals surface area (Å²) in [6.45, 7) is 11.5. The topological polar surface area (TPSA) is 26.3 Å². The van der Waals surface area contributed by atoms with E-state index in [1.54, 1.807) is 6.08 Å². The van der Waals surface area contributed by atoms with Crippen molar-refractivity contribution >= 4 is 5.97 Å². The molecule has 0 saturated carbocycles. The second-order valence-corrected chi connectivity index (χ2v) is 4.62. The Bertz CT molecular complexity index is 294. The second-order valence-electron chi connectivity index (χ2n) is 4.62. The Morgan fingerprint density at radius 2 is 2.27 bits per heavy atom. The first kappa shape index (κ1) is 11.8. The lowest BCUT2D eigenvalue weighted by Gasteiger charge is -2.23. The Hall–Kier alpha value is -1.31. The zero-order valence-corrected chi connectivity index (χ0v) is 9.45. The number of carbonyl (C=O) groups is 1. The highest BCUT2D eigenvalue weighted by molar-refractivity contribution is 5.89. The summed E-state index contributed by atoms with van der Waals surface area (Å²) in [6.07, 6.45) is 7.21. The molecule has 1 heterocycles. The van der Waals surface area contributed by atoms with Gasteiger partial charge in [-0.1, -0.05) is 45.2 Å². The van der Waals surface area contributed by atoms with E-state index in [9.17, 15) is 4.79 Å². The predicted molar refractivity (Wildman–Crippen MR) is 61.4 cm³/mol. The number of ether oxygens (including phenoxy) is 1. The van der Waals surface area contributed by atoms with Crippen molar-refractivity contribution in [3.63, 3.8) is 0 Å². The lowest BCUT2D eigenvalue weighted by Crippen LogP contribution is -2.18. The molecular weight excluding hydrogens is 188 g/mol. The zero-order chi connectivity index (χ0) is 11.5. The lowest BCUT2D eigenvalue weighted by atomic mass is 9.85. The van der Waals surface area contributed by atoms with Crippen LogP contribution in [0.5, 0.6) is 0 Å². The number of cyclic esters (lactones) is 1. The van der Waals surface area contributed by atoms with Crippen LogP contribution in [0.1, 0.15) is 26.7 Å². The minimum atomic E-state index is -0.247. The van der Waals surface area contributed by atoms with Gasteiger partial charge in [-0.25, -0.2) is 4.79 Å². The van der Waals surface area contributed by atoms with E-state index in [-0.39, 0.29) is 17.5 Å². The maximum Gasteiger partial charge on any atom is 0.333 e. The van der Waals surface area contributed by atoms with Crippen molar-refractivity contribution in [2.45, 2.75) is 32.8 Å². The van der Waals surface area contributed by atoms with Crippen LogP contribution in [-0.2, 0) is 9.53 Å². The smallest absolute Gasteiger partial charge is 0.333 e. The quantitative estimate of drug-likeness (QED) is 0.401. The fourth-order valence-electron chi connectivity index (χ4n) is 1.73. The number of hydrogen-bond donors (Lipinski definition) is 0. The molecule has 0 aromatic carbocycles. The van der Waals surface area contributed by atoms with Crippen molar-refractivity contribution in [1.29, 1.82) is 0 Å². The van der Waals surface area contributed by atoms with Crippen molar-refractivity contribution in [1.82, 2.24) is 0 Å². The van der Waals surface area contributed by atoms with E-state index in [1.807, 2.05) is 6.08 Å². The molecule has 0 N–H and O–H groups in total. The Balaban J connectivity index is 2.55. The number of esters is 1. The molecule has 82 valence electrons. The summed E-state index contributed by atoms with van der Waals surface area (Å²) in [6, 6.07) is 0. The predicted octanol–water partition coefficient (Wildman–Crippen LogP) is 3.02. The first-order valence-electron chi connectivity index (χ1n) is 5.13. The second kappa shape index (κ2) is 4.47. The molecule has 1 fully saturated rings. The van der Waals surface area contributed by atoms with Gasteiger partial charge < -0.3 is 4.74 Å². The van der Waals surface area contributed by atoms with Gasteiger partial charge in [0.2, 0.25) is 0 Å². The largest absolute Gasteiger partial charge is 0.459 e. The van der Waals surface area contributed by atoms with E-state index in [1.165, 1.54) is 0 Å². The van der Waals surface area contributed by atoms with Crippen LogP contribution in [-0.4, -0.2) is 12.1 Å². The van der Waals surface area contributed by atoms with Crippen LogP contribution >= 0.6 is 0 Å². The Kier molecular flexibility index (Phi) is 3.51. The number of rotatable bonds is 4. The van der Waals surface area contributed by atoms with Gasteiger partial charge in [0.1, 0.15) is 6.10 Å². The van der Waals surface area contributed by atoms with Gasteiger partial charge in [-0.2, -0.15) is 0 Å². The van der Waals surface area contributed by atoms with E-state index in [4.69, 9.17) is 4.74 Å². The standard InChI is InChI=1S/C13H18O2/c1-5-6-7-13(3,4)9-11-8-10(2)12(14)15-11/h5-7,11H,1-2,8-9H2,3-4H3/b7-6+. The summed E-state index contributed by atoms with van der Waals surface area (Å²) >= 11 is 0. The van der Waals surface area contributed by atoms with E-state index >= 15 is 0 Å². The Morgan fingerprint density at radius 3 is 2.73 bits per heavy atom. The molecule has 1 atom stereocenters. The molecule has 0 spiro atoms. The van der Waals surface area contributed by atoms with Gasteiger partial charge in [0.25, 0.3) is 0 Å². The summed E-state index contributed by atoms with van der Waals surface area (Å²) in [5.41, 5.74) is 0.604. The van der Waals surface area contributed by atoms with Crippen molar-refractivity contribution in [3.05, 3.63) is 37.0 Å². The third-order valence-corrected chi connectivity index (χ3v) is 2.47. The van der Waals surface area contributed by atoms with Gasteiger partial charge in [0.15, 0.2) is 0 Å². The number of carbonyl (C=O) groups excluding carboxylic acids is 1. The molecule has 0 radical (unpaired) electrons. The molecular formula is C13H18O2. The van der Waals surface area contributed by atoms with Gasteiger partial charge in [-0.15, -0.1) is 0 Å². The van der Waals surface area contributed by atoms with Crippen molar-refractivity contribution < 1.29 is 9.53 Å². The van der Waals surface area contributed by atoms with Crippen LogP contribution in [0, 0.1) is 5.41 Å². The van der Waals surface area contributed by atoms with Crippen molar-refractivity contribution in [2.75, 3.05) is 0 Å². The van der Waals surface area contributed by atoms with Gasteiger partial charge in [0.05, 0.1) is 0 Å². The van der Waals surface area contributed by atoms with E-state index in [0.29, 0.717) is 12.0 Å². The van der Waals surface area contributed by atoms with Crippen LogP contribution in [0.4, 0.5) is 0 Å². The summed E-state index contributed by atoms with van der Waals surface area (Å²) in [7, 11) is 0. The van der Waals surface area contributed by atoms with Gasteiger partial charge >= 0.3 is 5.97 Å². The summed E-state index contributed by atoms with van der Waals surface area (Å²) in [5, 5.41) is 0. The molecule has 1 aliphatic rings. The minimum absolute atomic E-state index is 0.0176. The van der Waals surface area contributed by atoms with Gasteiger partial charge in [-0.05, 0) is 11.8 Å². The monoisotopic (exact) mass is 206 g/mol. The first-order chi connectivity index (χ1) is 6.94. The number of hydrogen-bond acceptors (Lipinski definition) is 2. The van der Waals surface area contributed by atoms with E-state index in [2.05, 4.69) is 33.1 Å². The summed E-state index contributed by atoms with van der Waals surface area (Å²) in [4.78, 5) is 11.1. The Morgan fingerprint density at radius 1 is 1.60 bits per heavy atom. The fraction of sp³-hybridized carbons (Fsp3) is 0.462. The maximum absolute atomic E-state index is 11.1. The van der Waals surface area contributed by atoms with E-state index < -0.39 is 0 Å². The summed E-state index contributed by atoms with van der Waals surface area (Å²) in [5.74, 6) is -0.247. The molecule has 0 aromatic heterocycles. The zero-order valence-electron chi connectivity index (χ0n) is 9.45. The molecule has 2 nitrogen and oxygen atoms in total. The molecule has 0 aromatic rings. The molecule has 0 bridgehead atoms. The van der Waals surface area contributed by atoms with Crippen LogP contribution in [0.15, 0.2) is 37.0 Å². The molecule has 1 unspecified atom stereocenters. The van der Waals surface area contributed by atoms with Crippen molar-refractivity contribution in [2.24, 2.45) is 5.41 Å². The first-order valence-corrected chi connectivity index (χ1v) is 5.13.